The minimum Gasteiger partial charge on any atom is -0.289 e. The molecule has 0 spiro atoms. The van der Waals surface area contributed by atoms with Gasteiger partial charge in [-0.3, -0.25) is 4.79 Å². The van der Waals surface area contributed by atoms with Crippen LogP contribution in [0.2, 0.25) is 0 Å². The third-order valence-electron chi connectivity index (χ3n) is 7.86. The van der Waals surface area contributed by atoms with Crippen LogP contribution in [0, 0.1) is 27.7 Å². The first-order valence-electron chi connectivity index (χ1n) is 14.6. The predicted octanol–water partition coefficient (Wildman–Crippen LogP) is 11.3. The van der Waals surface area contributed by atoms with Gasteiger partial charge in [-0.1, -0.05) is 137 Å². The van der Waals surface area contributed by atoms with Crippen molar-refractivity contribution in [3.05, 3.63) is 167 Å². The molecule has 0 saturated carbocycles. The fourth-order valence-corrected chi connectivity index (χ4v) is 6.22. The standard InChI is InChI=1S/C41H34OS/c1-27-5-12-31(13-6-27)32-16-18-34(19-17-32)41(42)37-23-20-35(33-14-7-28(2)8-15-33)26-38(37)39-25-30(4)11-24-40(39)43-36-21-9-29(3)10-22-36/h5-26H,1-4H3. The van der Waals surface area contributed by atoms with Crippen molar-refractivity contribution in [2.24, 2.45) is 0 Å². The van der Waals surface area contributed by atoms with Crippen LogP contribution in [-0.2, 0) is 0 Å². The van der Waals surface area contributed by atoms with Crippen LogP contribution < -0.4 is 0 Å². The fourth-order valence-electron chi connectivity index (χ4n) is 5.28. The molecule has 0 aliphatic carbocycles. The van der Waals surface area contributed by atoms with Gasteiger partial charge in [0.05, 0.1) is 0 Å². The van der Waals surface area contributed by atoms with Crippen LogP contribution in [0.15, 0.2) is 143 Å². The lowest BCUT2D eigenvalue weighted by Gasteiger charge is -2.17. The van der Waals surface area contributed by atoms with Gasteiger partial charge in [-0.15, -0.1) is 0 Å². The molecule has 6 aromatic rings. The molecule has 0 unspecified atom stereocenters. The summed E-state index contributed by atoms with van der Waals surface area (Å²) in [4.78, 5) is 16.5. The molecular formula is C41H34OS. The highest BCUT2D eigenvalue weighted by atomic mass is 32.2. The number of aryl methyl sites for hydroxylation is 4. The number of carbonyl (C=O) groups excluding carboxylic acids is 1. The number of hydrogen-bond acceptors (Lipinski definition) is 2. The minimum absolute atomic E-state index is 0.0219. The van der Waals surface area contributed by atoms with Gasteiger partial charge >= 0.3 is 0 Å². The zero-order valence-corrected chi connectivity index (χ0v) is 25.8. The molecule has 1 nitrogen and oxygen atoms in total. The molecule has 0 heterocycles. The van der Waals surface area contributed by atoms with Gasteiger partial charge in [-0.25, -0.2) is 0 Å². The summed E-state index contributed by atoms with van der Waals surface area (Å²) in [5.74, 6) is 0.0219. The largest absolute Gasteiger partial charge is 0.289 e. The monoisotopic (exact) mass is 574 g/mol. The molecule has 0 amide bonds. The zero-order valence-electron chi connectivity index (χ0n) is 25.0. The van der Waals surface area contributed by atoms with Gasteiger partial charge in [0.25, 0.3) is 0 Å². The Labute approximate surface area is 259 Å². The summed E-state index contributed by atoms with van der Waals surface area (Å²) in [6, 6.07) is 46.5. The zero-order chi connectivity index (χ0) is 29.9. The molecule has 0 aliphatic rings. The van der Waals surface area contributed by atoms with Crippen LogP contribution >= 0.6 is 11.8 Å². The lowest BCUT2D eigenvalue weighted by Crippen LogP contribution is -2.04. The number of rotatable bonds is 7. The Balaban J connectivity index is 1.45. The van der Waals surface area contributed by atoms with E-state index in [-0.39, 0.29) is 5.78 Å². The maximum Gasteiger partial charge on any atom is 0.193 e. The molecule has 0 fully saturated rings. The van der Waals surface area contributed by atoms with Crippen LogP contribution in [0.4, 0.5) is 0 Å². The molecule has 0 atom stereocenters. The highest BCUT2D eigenvalue weighted by Gasteiger charge is 2.19. The second-order valence-electron chi connectivity index (χ2n) is 11.3. The Morgan fingerprint density at radius 2 is 0.907 bits per heavy atom. The van der Waals surface area contributed by atoms with Crippen LogP contribution in [0.25, 0.3) is 33.4 Å². The molecule has 0 radical (unpaired) electrons. The molecular weight excluding hydrogens is 541 g/mol. The molecule has 0 aromatic heterocycles. The van der Waals surface area contributed by atoms with E-state index in [2.05, 4.69) is 131 Å². The van der Waals surface area contributed by atoms with Crippen LogP contribution in [-0.4, -0.2) is 5.78 Å². The smallest absolute Gasteiger partial charge is 0.193 e. The molecule has 210 valence electrons. The summed E-state index contributed by atoms with van der Waals surface area (Å²) in [5, 5.41) is 0. The number of benzene rings is 6. The maximum absolute atomic E-state index is 14.2. The lowest BCUT2D eigenvalue weighted by molar-refractivity contribution is 0.103. The van der Waals surface area contributed by atoms with Crippen LogP contribution in [0.5, 0.6) is 0 Å². The van der Waals surface area contributed by atoms with E-state index in [1.807, 2.05) is 30.3 Å². The van der Waals surface area contributed by atoms with E-state index in [0.29, 0.717) is 11.1 Å². The van der Waals surface area contributed by atoms with E-state index in [0.717, 1.165) is 43.8 Å². The van der Waals surface area contributed by atoms with Gasteiger partial charge in [-0.2, -0.15) is 0 Å². The van der Waals surface area contributed by atoms with E-state index in [1.165, 1.54) is 21.6 Å². The highest BCUT2D eigenvalue weighted by Crippen LogP contribution is 2.40. The fraction of sp³-hybridized carbons (Fsp3) is 0.0976. The quantitative estimate of drug-likeness (QED) is 0.176. The van der Waals surface area contributed by atoms with Gasteiger partial charge in [0, 0.05) is 20.9 Å². The molecule has 6 rings (SSSR count). The average Bonchev–Trinajstić information content (AvgIpc) is 3.03. The van der Waals surface area contributed by atoms with Crippen molar-refractivity contribution in [1.29, 1.82) is 0 Å². The molecule has 2 heteroatoms. The summed E-state index contributed by atoms with van der Waals surface area (Å²) in [7, 11) is 0. The first kappa shape index (κ1) is 28.5. The van der Waals surface area contributed by atoms with Crippen molar-refractivity contribution in [2.75, 3.05) is 0 Å². The molecule has 0 aliphatic heterocycles. The van der Waals surface area contributed by atoms with E-state index in [9.17, 15) is 4.79 Å². The normalized spacial score (nSPS) is 11.0. The van der Waals surface area contributed by atoms with E-state index < -0.39 is 0 Å². The maximum atomic E-state index is 14.2. The molecule has 43 heavy (non-hydrogen) atoms. The van der Waals surface area contributed by atoms with Gasteiger partial charge < -0.3 is 0 Å². The minimum atomic E-state index is 0.0219. The van der Waals surface area contributed by atoms with Gasteiger partial charge in [0.15, 0.2) is 5.78 Å². The van der Waals surface area contributed by atoms with E-state index in [1.54, 1.807) is 11.8 Å². The third kappa shape index (κ3) is 6.40. The number of ketones is 1. The molecule has 0 N–H and O–H groups in total. The van der Waals surface area contributed by atoms with E-state index in [4.69, 9.17) is 0 Å². The van der Waals surface area contributed by atoms with Crippen molar-refractivity contribution in [1.82, 2.24) is 0 Å². The molecule has 0 saturated heterocycles. The van der Waals surface area contributed by atoms with Crippen molar-refractivity contribution in [3.63, 3.8) is 0 Å². The van der Waals surface area contributed by atoms with Crippen molar-refractivity contribution < 1.29 is 4.79 Å². The van der Waals surface area contributed by atoms with Crippen LogP contribution in [0.3, 0.4) is 0 Å². The first-order valence-corrected chi connectivity index (χ1v) is 15.4. The van der Waals surface area contributed by atoms with Crippen LogP contribution in [0.1, 0.15) is 38.2 Å². The average molecular weight is 575 g/mol. The number of hydrogen-bond donors (Lipinski definition) is 0. The summed E-state index contributed by atoms with van der Waals surface area (Å²) in [6.45, 7) is 8.40. The van der Waals surface area contributed by atoms with Crippen molar-refractivity contribution in [3.8, 4) is 33.4 Å². The van der Waals surface area contributed by atoms with Crippen molar-refractivity contribution >= 4 is 17.5 Å². The summed E-state index contributed by atoms with van der Waals surface area (Å²) >= 11 is 1.74. The topological polar surface area (TPSA) is 17.1 Å². The lowest BCUT2D eigenvalue weighted by atomic mass is 9.89. The van der Waals surface area contributed by atoms with Crippen molar-refractivity contribution in [2.45, 2.75) is 37.5 Å². The Hall–Kier alpha value is -4.66. The van der Waals surface area contributed by atoms with E-state index >= 15 is 0 Å². The Bertz CT molecular complexity index is 1900. The predicted molar refractivity (Wildman–Crippen MR) is 182 cm³/mol. The van der Waals surface area contributed by atoms with Gasteiger partial charge in [-0.05, 0) is 91.4 Å². The highest BCUT2D eigenvalue weighted by molar-refractivity contribution is 7.99. The second kappa shape index (κ2) is 12.3. The Morgan fingerprint density at radius 3 is 1.49 bits per heavy atom. The Kier molecular flexibility index (Phi) is 8.13. The summed E-state index contributed by atoms with van der Waals surface area (Å²) < 4.78 is 0. The number of carbonyl (C=O) groups is 1. The molecule has 6 aromatic carbocycles. The second-order valence-corrected chi connectivity index (χ2v) is 12.4. The SMILES string of the molecule is Cc1ccc(Sc2ccc(C)cc2-c2cc(-c3ccc(C)cc3)ccc2C(=O)c2ccc(-c3ccc(C)cc3)cc2)cc1. The third-order valence-corrected chi connectivity index (χ3v) is 8.94. The summed E-state index contributed by atoms with van der Waals surface area (Å²) in [5.41, 5.74) is 12.7. The summed E-state index contributed by atoms with van der Waals surface area (Å²) in [6.07, 6.45) is 0. The Morgan fingerprint density at radius 1 is 0.442 bits per heavy atom. The molecule has 0 bridgehead atoms. The first-order chi connectivity index (χ1) is 20.8. The van der Waals surface area contributed by atoms with Gasteiger partial charge in [0.1, 0.15) is 0 Å². The van der Waals surface area contributed by atoms with Gasteiger partial charge in [0.2, 0.25) is 0 Å².